The third kappa shape index (κ3) is 4.53. The first-order valence-corrected chi connectivity index (χ1v) is 8.88. The second-order valence-corrected chi connectivity index (χ2v) is 6.78. The number of phenols is 1. The molecule has 0 bridgehead atoms. The zero-order valence-corrected chi connectivity index (χ0v) is 14.6. The fourth-order valence-electron chi connectivity index (χ4n) is 3.42. The Morgan fingerprint density at radius 3 is 2.62 bits per heavy atom. The van der Waals surface area contributed by atoms with E-state index < -0.39 is 12.0 Å². The zero-order chi connectivity index (χ0) is 18.5. The molecular weight excluding hydrogens is 330 g/mol. The Hall–Kier alpha value is -2.57. The Bertz CT molecular complexity index is 751. The van der Waals surface area contributed by atoms with Crippen LogP contribution in [-0.2, 0) is 0 Å². The molecule has 0 aliphatic heterocycles. The molecular formula is C20H25N3O3. The first-order chi connectivity index (χ1) is 12.5. The second kappa shape index (κ2) is 8.21. The van der Waals surface area contributed by atoms with Crippen molar-refractivity contribution in [2.75, 3.05) is 11.9 Å². The molecule has 6 heteroatoms. The van der Waals surface area contributed by atoms with E-state index >= 15 is 0 Å². The molecule has 2 aromatic carbocycles. The molecule has 0 radical (unpaired) electrons. The molecule has 26 heavy (non-hydrogen) atoms. The van der Waals surface area contributed by atoms with E-state index in [0.29, 0.717) is 24.2 Å². The SMILES string of the molecule is NC(=O)c1cc(C(O)CNC2CCC(Nc3ccccc3)C2)ccc1O. The van der Waals surface area contributed by atoms with Gasteiger partial charge in [0.25, 0.3) is 5.91 Å². The monoisotopic (exact) mass is 355 g/mol. The number of aliphatic hydroxyl groups excluding tert-OH is 1. The first kappa shape index (κ1) is 18.2. The summed E-state index contributed by atoms with van der Waals surface area (Å²) in [6.07, 6.45) is 2.34. The molecule has 1 amide bonds. The number of aromatic hydroxyl groups is 1. The van der Waals surface area contributed by atoms with Crippen LogP contribution in [0, 0.1) is 0 Å². The number of anilines is 1. The number of rotatable bonds is 7. The quantitative estimate of drug-likeness (QED) is 0.523. The normalized spacial score (nSPS) is 20.7. The summed E-state index contributed by atoms with van der Waals surface area (Å²) >= 11 is 0. The summed E-state index contributed by atoms with van der Waals surface area (Å²) in [5.41, 5.74) is 6.94. The van der Waals surface area contributed by atoms with E-state index in [-0.39, 0.29) is 11.3 Å². The van der Waals surface area contributed by atoms with Gasteiger partial charge in [0.15, 0.2) is 0 Å². The number of hydrogen-bond donors (Lipinski definition) is 5. The molecule has 1 aliphatic carbocycles. The smallest absolute Gasteiger partial charge is 0.252 e. The van der Waals surface area contributed by atoms with E-state index in [1.807, 2.05) is 18.2 Å². The number of carbonyl (C=O) groups excluding carboxylic acids is 1. The minimum absolute atomic E-state index is 0.0227. The maximum absolute atomic E-state index is 11.3. The van der Waals surface area contributed by atoms with E-state index in [2.05, 4.69) is 22.8 Å². The van der Waals surface area contributed by atoms with Crippen molar-refractivity contribution < 1.29 is 15.0 Å². The standard InChI is InChI=1S/C20H25N3O3/c21-20(26)17-10-13(6-9-18(17)24)19(25)12-22-15-7-8-16(11-15)23-14-4-2-1-3-5-14/h1-6,9-10,15-16,19,22-25H,7-8,11-12H2,(H2,21,26). The fourth-order valence-corrected chi connectivity index (χ4v) is 3.42. The van der Waals surface area contributed by atoms with Crippen molar-refractivity contribution >= 4 is 11.6 Å². The summed E-state index contributed by atoms with van der Waals surface area (Å²) in [5, 5.41) is 26.9. The van der Waals surface area contributed by atoms with Gasteiger partial charge in [-0.25, -0.2) is 0 Å². The Labute approximate surface area is 153 Å². The number of amides is 1. The molecule has 2 aromatic rings. The van der Waals surface area contributed by atoms with Crippen LogP contribution in [0.15, 0.2) is 48.5 Å². The number of nitrogens with one attached hydrogen (secondary N) is 2. The van der Waals surface area contributed by atoms with E-state index in [1.165, 1.54) is 12.1 Å². The van der Waals surface area contributed by atoms with Crippen LogP contribution < -0.4 is 16.4 Å². The summed E-state index contributed by atoms with van der Waals surface area (Å²) < 4.78 is 0. The van der Waals surface area contributed by atoms with Gasteiger partial charge in [-0.1, -0.05) is 24.3 Å². The van der Waals surface area contributed by atoms with Crippen molar-refractivity contribution in [3.8, 4) is 5.75 Å². The fraction of sp³-hybridized carbons (Fsp3) is 0.350. The lowest BCUT2D eigenvalue weighted by molar-refractivity contribution is 0.0997. The van der Waals surface area contributed by atoms with Crippen molar-refractivity contribution in [3.63, 3.8) is 0 Å². The average Bonchev–Trinajstić information content (AvgIpc) is 3.08. The average molecular weight is 355 g/mol. The lowest BCUT2D eigenvalue weighted by Crippen LogP contribution is -2.32. The van der Waals surface area contributed by atoms with E-state index in [0.717, 1.165) is 24.9 Å². The summed E-state index contributed by atoms with van der Waals surface area (Å²) in [6.45, 7) is 0.381. The van der Waals surface area contributed by atoms with Gasteiger partial charge >= 0.3 is 0 Å². The number of para-hydroxylation sites is 1. The van der Waals surface area contributed by atoms with E-state index in [1.54, 1.807) is 6.07 Å². The van der Waals surface area contributed by atoms with Gasteiger partial charge in [-0.05, 0) is 49.1 Å². The molecule has 1 saturated carbocycles. The first-order valence-electron chi connectivity index (χ1n) is 8.88. The van der Waals surface area contributed by atoms with Gasteiger partial charge in [-0.2, -0.15) is 0 Å². The Kier molecular flexibility index (Phi) is 5.75. The molecule has 138 valence electrons. The predicted molar refractivity (Wildman–Crippen MR) is 101 cm³/mol. The van der Waals surface area contributed by atoms with Crippen LogP contribution in [0.3, 0.4) is 0 Å². The Morgan fingerprint density at radius 2 is 1.88 bits per heavy atom. The number of benzene rings is 2. The van der Waals surface area contributed by atoms with Crippen molar-refractivity contribution in [1.29, 1.82) is 0 Å². The number of nitrogens with two attached hydrogens (primary N) is 1. The van der Waals surface area contributed by atoms with Gasteiger partial charge in [0.1, 0.15) is 5.75 Å². The number of primary amides is 1. The Balaban J connectivity index is 1.50. The molecule has 1 fully saturated rings. The zero-order valence-electron chi connectivity index (χ0n) is 14.6. The number of carbonyl (C=O) groups is 1. The largest absolute Gasteiger partial charge is 0.507 e. The molecule has 0 heterocycles. The molecule has 3 unspecified atom stereocenters. The molecule has 3 atom stereocenters. The maximum atomic E-state index is 11.3. The highest BCUT2D eigenvalue weighted by molar-refractivity contribution is 5.95. The number of aliphatic hydroxyl groups is 1. The maximum Gasteiger partial charge on any atom is 0.252 e. The topological polar surface area (TPSA) is 108 Å². The molecule has 6 N–H and O–H groups in total. The van der Waals surface area contributed by atoms with Crippen LogP contribution >= 0.6 is 0 Å². The van der Waals surface area contributed by atoms with Crippen LogP contribution in [0.1, 0.15) is 41.3 Å². The lowest BCUT2D eigenvalue weighted by Gasteiger charge is -2.18. The highest BCUT2D eigenvalue weighted by Gasteiger charge is 2.25. The summed E-state index contributed by atoms with van der Waals surface area (Å²) in [6, 6.07) is 15.3. The van der Waals surface area contributed by atoms with Gasteiger partial charge in [0.2, 0.25) is 0 Å². The van der Waals surface area contributed by atoms with Gasteiger partial charge < -0.3 is 26.6 Å². The highest BCUT2D eigenvalue weighted by atomic mass is 16.3. The van der Waals surface area contributed by atoms with Crippen LogP contribution in [0.25, 0.3) is 0 Å². The van der Waals surface area contributed by atoms with Crippen molar-refractivity contribution in [3.05, 3.63) is 59.7 Å². The Morgan fingerprint density at radius 1 is 1.15 bits per heavy atom. The van der Waals surface area contributed by atoms with E-state index in [9.17, 15) is 15.0 Å². The lowest BCUT2D eigenvalue weighted by atomic mass is 10.0. The minimum atomic E-state index is -0.769. The van der Waals surface area contributed by atoms with Crippen molar-refractivity contribution in [1.82, 2.24) is 5.32 Å². The predicted octanol–water partition coefficient (Wildman–Crippen LogP) is 2.15. The molecule has 3 rings (SSSR count). The van der Waals surface area contributed by atoms with Gasteiger partial charge in [-0.15, -0.1) is 0 Å². The molecule has 6 nitrogen and oxygen atoms in total. The third-order valence-electron chi connectivity index (χ3n) is 4.85. The van der Waals surface area contributed by atoms with Crippen molar-refractivity contribution in [2.45, 2.75) is 37.5 Å². The molecule has 1 aliphatic rings. The van der Waals surface area contributed by atoms with Gasteiger partial charge in [0, 0.05) is 24.3 Å². The van der Waals surface area contributed by atoms with Crippen LogP contribution in [0.5, 0.6) is 5.75 Å². The molecule has 0 saturated heterocycles. The molecule has 0 aromatic heterocycles. The summed E-state index contributed by atoms with van der Waals surface area (Å²) in [7, 11) is 0. The van der Waals surface area contributed by atoms with Crippen LogP contribution in [-0.4, -0.2) is 34.7 Å². The van der Waals surface area contributed by atoms with Crippen LogP contribution in [0.2, 0.25) is 0 Å². The van der Waals surface area contributed by atoms with Gasteiger partial charge in [-0.3, -0.25) is 4.79 Å². The van der Waals surface area contributed by atoms with Crippen molar-refractivity contribution in [2.24, 2.45) is 5.73 Å². The van der Waals surface area contributed by atoms with E-state index in [4.69, 9.17) is 5.73 Å². The highest BCUT2D eigenvalue weighted by Crippen LogP contribution is 2.25. The summed E-state index contributed by atoms with van der Waals surface area (Å²) in [4.78, 5) is 11.3. The van der Waals surface area contributed by atoms with Crippen LogP contribution in [0.4, 0.5) is 5.69 Å². The number of hydrogen-bond acceptors (Lipinski definition) is 5. The summed E-state index contributed by atoms with van der Waals surface area (Å²) in [5.74, 6) is -0.887. The molecule has 0 spiro atoms. The third-order valence-corrected chi connectivity index (χ3v) is 4.85. The second-order valence-electron chi connectivity index (χ2n) is 6.78. The minimum Gasteiger partial charge on any atom is -0.507 e. The van der Waals surface area contributed by atoms with Gasteiger partial charge in [0.05, 0.1) is 11.7 Å².